The van der Waals surface area contributed by atoms with E-state index in [9.17, 15) is 13.6 Å². The molecule has 1 aliphatic rings. The van der Waals surface area contributed by atoms with E-state index in [-0.39, 0.29) is 24.5 Å². The van der Waals surface area contributed by atoms with Crippen molar-refractivity contribution >= 4 is 5.78 Å². The van der Waals surface area contributed by atoms with Crippen molar-refractivity contribution in [3.63, 3.8) is 0 Å². The van der Waals surface area contributed by atoms with Crippen LogP contribution in [0.15, 0.2) is 66.9 Å². The lowest BCUT2D eigenvalue weighted by atomic mass is 9.90. The van der Waals surface area contributed by atoms with Gasteiger partial charge in [-0.15, -0.1) is 0 Å². The summed E-state index contributed by atoms with van der Waals surface area (Å²) in [5.74, 6) is -2.12. The van der Waals surface area contributed by atoms with Crippen molar-refractivity contribution in [2.45, 2.75) is 32.4 Å². The van der Waals surface area contributed by atoms with Crippen LogP contribution in [-0.4, -0.2) is 71.4 Å². The highest BCUT2D eigenvalue weighted by molar-refractivity contribution is 5.82. The van der Waals surface area contributed by atoms with Crippen LogP contribution >= 0.6 is 0 Å². The number of benzene rings is 2. The van der Waals surface area contributed by atoms with Crippen molar-refractivity contribution in [3.05, 3.63) is 101 Å². The summed E-state index contributed by atoms with van der Waals surface area (Å²) >= 11 is 0. The van der Waals surface area contributed by atoms with Gasteiger partial charge in [0, 0.05) is 57.3 Å². The van der Waals surface area contributed by atoms with Gasteiger partial charge in [-0.1, -0.05) is 24.3 Å². The smallest absolute Gasteiger partial charge is 0.159 e. The highest BCUT2D eigenvalue weighted by Crippen LogP contribution is 2.37. The van der Waals surface area contributed by atoms with Crippen molar-refractivity contribution in [1.82, 2.24) is 24.7 Å². The van der Waals surface area contributed by atoms with Crippen LogP contribution in [0.3, 0.4) is 0 Å². The average molecular weight is 590 g/mol. The minimum atomic E-state index is -0.944. The normalized spacial score (nSPS) is 17.2. The van der Waals surface area contributed by atoms with Crippen LogP contribution in [0.4, 0.5) is 8.78 Å². The zero-order chi connectivity index (χ0) is 30.5. The fourth-order valence-electron chi connectivity index (χ4n) is 5.51. The molecule has 10 heteroatoms. The largest absolute Gasteiger partial charge is 0.383 e. The van der Waals surface area contributed by atoms with Gasteiger partial charge in [0.05, 0.1) is 29.4 Å². The molecule has 0 amide bonds. The van der Waals surface area contributed by atoms with E-state index >= 15 is 0 Å². The first-order valence-corrected chi connectivity index (χ1v) is 14.3. The molecule has 8 nitrogen and oxygen atoms in total. The summed E-state index contributed by atoms with van der Waals surface area (Å²) in [4.78, 5) is 26.5. The van der Waals surface area contributed by atoms with Gasteiger partial charge < -0.3 is 9.64 Å². The number of hydroxylamine groups is 2. The molecule has 3 heterocycles. The molecule has 0 spiro atoms. The van der Waals surface area contributed by atoms with Gasteiger partial charge in [0.25, 0.3) is 0 Å². The monoisotopic (exact) mass is 589 g/mol. The molecule has 226 valence electrons. The summed E-state index contributed by atoms with van der Waals surface area (Å²) in [6.45, 7) is 4.11. The lowest BCUT2D eigenvalue weighted by molar-refractivity contribution is -0.155. The molecular weight excluding hydrogens is 552 g/mol. The third kappa shape index (κ3) is 7.22. The standard InChI is InChI=1S/C33H37F2N5O3/c1-22-31(40(27-8-6-5-7-9-27)37-32(22)24-10-12-26(36-19-24)21-38(2)3)18-28(41)16-25-20-39(14-15-42-4)43-33(25)23-11-13-29(34)30(35)17-23/h5-13,17,19,25,33H,14-16,18,20-21H2,1-4H3/t25-,33+/m1/s1. The van der Waals surface area contributed by atoms with Crippen LogP contribution in [0.1, 0.15) is 35.0 Å². The fourth-order valence-corrected chi connectivity index (χ4v) is 5.51. The molecule has 0 radical (unpaired) electrons. The van der Waals surface area contributed by atoms with E-state index in [4.69, 9.17) is 14.7 Å². The van der Waals surface area contributed by atoms with Gasteiger partial charge in [0.15, 0.2) is 11.6 Å². The molecule has 2 atom stereocenters. The lowest BCUT2D eigenvalue weighted by Crippen LogP contribution is -2.24. The lowest BCUT2D eigenvalue weighted by Gasteiger charge is -2.18. The van der Waals surface area contributed by atoms with Gasteiger partial charge in [-0.05, 0) is 68.5 Å². The number of ketones is 1. The Morgan fingerprint density at radius 2 is 1.88 bits per heavy atom. The summed E-state index contributed by atoms with van der Waals surface area (Å²) in [5, 5.41) is 6.68. The molecule has 2 aromatic carbocycles. The molecule has 1 aliphatic heterocycles. The Morgan fingerprint density at radius 3 is 2.56 bits per heavy atom. The molecule has 43 heavy (non-hydrogen) atoms. The molecule has 0 unspecified atom stereocenters. The number of methoxy groups -OCH3 is 1. The molecule has 0 N–H and O–H groups in total. The second-order valence-corrected chi connectivity index (χ2v) is 11.2. The number of hydrogen-bond acceptors (Lipinski definition) is 7. The Hall–Kier alpha value is -3.83. The molecule has 1 fully saturated rings. The van der Waals surface area contributed by atoms with Crippen LogP contribution in [0.25, 0.3) is 16.9 Å². The number of nitrogens with zero attached hydrogens (tertiary/aromatic N) is 5. The second kappa shape index (κ2) is 13.6. The Morgan fingerprint density at radius 1 is 1.09 bits per heavy atom. The summed E-state index contributed by atoms with van der Waals surface area (Å²) in [6.07, 6.45) is 1.59. The number of Topliss-reactive ketones (excluding diaryl/α,β-unsaturated/α-hetero) is 1. The predicted octanol–water partition coefficient (Wildman–Crippen LogP) is 5.34. The highest BCUT2D eigenvalue weighted by Gasteiger charge is 2.37. The summed E-state index contributed by atoms with van der Waals surface area (Å²) in [5.41, 5.74) is 5.65. The molecule has 1 saturated heterocycles. The molecular formula is C33H37F2N5O3. The number of rotatable bonds is 12. The van der Waals surface area contributed by atoms with E-state index in [2.05, 4.69) is 9.88 Å². The third-order valence-corrected chi connectivity index (χ3v) is 7.62. The summed E-state index contributed by atoms with van der Waals surface area (Å²) < 4.78 is 34.8. The number of ether oxygens (including phenoxy) is 1. The first kappa shape index (κ1) is 30.6. The summed E-state index contributed by atoms with van der Waals surface area (Å²) in [7, 11) is 5.60. The molecule has 0 aliphatic carbocycles. The first-order chi connectivity index (χ1) is 20.7. The molecule has 4 aromatic rings. The highest BCUT2D eigenvalue weighted by atomic mass is 19.2. The zero-order valence-corrected chi connectivity index (χ0v) is 25.0. The molecule has 2 aromatic heterocycles. The van der Waals surface area contributed by atoms with Crippen LogP contribution in [-0.2, 0) is 27.3 Å². The topological polar surface area (TPSA) is 72.7 Å². The maximum Gasteiger partial charge on any atom is 0.159 e. The number of aromatic nitrogens is 3. The third-order valence-electron chi connectivity index (χ3n) is 7.62. The van der Waals surface area contributed by atoms with E-state index in [1.54, 1.807) is 12.2 Å². The van der Waals surface area contributed by atoms with Crippen LogP contribution in [0.2, 0.25) is 0 Å². The Labute approximate surface area is 250 Å². The minimum Gasteiger partial charge on any atom is -0.383 e. The minimum absolute atomic E-state index is 0.000891. The van der Waals surface area contributed by atoms with Crippen molar-refractivity contribution in [2.75, 3.05) is 40.9 Å². The SMILES string of the molecule is COCCN1C[C@@H](CC(=O)Cc2c(C)c(-c3ccc(CN(C)C)nc3)nn2-c2ccccc2)[C@H](c2ccc(F)c(F)c2)O1. The molecule has 0 saturated carbocycles. The van der Waals surface area contributed by atoms with Gasteiger partial charge in [-0.25, -0.2) is 13.5 Å². The maximum absolute atomic E-state index is 14.1. The number of halogens is 2. The van der Waals surface area contributed by atoms with E-state index in [0.717, 1.165) is 52.6 Å². The Balaban J connectivity index is 1.42. The van der Waals surface area contributed by atoms with Crippen LogP contribution in [0, 0.1) is 24.5 Å². The van der Waals surface area contributed by atoms with Crippen LogP contribution < -0.4 is 0 Å². The van der Waals surface area contributed by atoms with Crippen molar-refractivity contribution in [1.29, 1.82) is 0 Å². The van der Waals surface area contributed by atoms with Gasteiger partial charge in [-0.2, -0.15) is 10.2 Å². The van der Waals surface area contributed by atoms with Crippen molar-refractivity contribution in [3.8, 4) is 16.9 Å². The second-order valence-electron chi connectivity index (χ2n) is 11.2. The number of para-hydroxylation sites is 1. The van der Waals surface area contributed by atoms with Crippen LogP contribution in [0.5, 0.6) is 0 Å². The number of pyridine rings is 1. The first-order valence-electron chi connectivity index (χ1n) is 14.3. The van der Waals surface area contributed by atoms with E-state index in [1.807, 2.05) is 74.4 Å². The van der Waals surface area contributed by atoms with E-state index < -0.39 is 17.7 Å². The van der Waals surface area contributed by atoms with Crippen molar-refractivity contribution in [2.24, 2.45) is 5.92 Å². The molecule has 0 bridgehead atoms. The van der Waals surface area contributed by atoms with Crippen molar-refractivity contribution < 1.29 is 23.1 Å². The van der Waals surface area contributed by atoms with Gasteiger partial charge in [-0.3, -0.25) is 14.6 Å². The van der Waals surface area contributed by atoms with Gasteiger partial charge >= 0.3 is 0 Å². The molecule has 5 rings (SSSR count). The number of carbonyl (C=O) groups is 1. The van der Waals surface area contributed by atoms with E-state index in [1.165, 1.54) is 6.07 Å². The van der Waals surface area contributed by atoms with Gasteiger partial charge in [0.2, 0.25) is 0 Å². The maximum atomic E-state index is 14.1. The summed E-state index contributed by atoms with van der Waals surface area (Å²) in [6, 6.07) is 17.5. The predicted molar refractivity (Wildman–Crippen MR) is 159 cm³/mol. The van der Waals surface area contributed by atoms with E-state index in [0.29, 0.717) is 25.3 Å². The van der Waals surface area contributed by atoms with Gasteiger partial charge in [0.1, 0.15) is 11.9 Å². The number of carbonyl (C=O) groups excluding carboxylic acids is 1. The Bertz CT molecular complexity index is 1540. The zero-order valence-electron chi connectivity index (χ0n) is 25.0. The quantitative estimate of drug-likeness (QED) is 0.221. The average Bonchev–Trinajstić information content (AvgIpc) is 3.54. The Kier molecular flexibility index (Phi) is 9.72. The fraction of sp³-hybridized carbons (Fsp3) is 0.364. The number of hydrogen-bond donors (Lipinski definition) is 0.